The van der Waals surface area contributed by atoms with Crippen LogP contribution in [-0.2, 0) is 23.8 Å². The summed E-state index contributed by atoms with van der Waals surface area (Å²) in [7, 11) is 0. The second kappa shape index (κ2) is 8.08. The van der Waals surface area contributed by atoms with Gasteiger partial charge in [0.25, 0.3) is 6.10 Å². The molecule has 0 aromatic heterocycles. The van der Waals surface area contributed by atoms with Crippen LogP contribution < -0.4 is 0 Å². The first-order valence-corrected chi connectivity index (χ1v) is 6.67. The van der Waals surface area contributed by atoms with E-state index in [1.807, 2.05) is 6.92 Å². The molecule has 0 aromatic carbocycles. The normalized spacial score (nSPS) is 17.4. The van der Waals surface area contributed by atoms with Crippen LogP contribution in [0.3, 0.4) is 0 Å². The fourth-order valence-corrected chi connectivity index (χ4v) is 1.92. The molecule has 1 fully saturated rings. The minimum absolute atomic E-state index is 0.0698. The number of carbonyl (C=O) groups is 2. The van der Waals surface area contributed by atoms with E-state index in [0.717, 1.165) is 32.1 Å². The highest BCUT2D eigenvalue weighted by atomic mass is 16.6. The van der Waals surface area contributed by atoms with Crippen molar-refractivity contribution in [1.29, 1.82) is 0 Å². The molecule has 1 aliphatic rings. The van der Waals surface area contributed by atoms with Crippen molar-refractivity contribution in [2.75, 3.05) is 13.2 Å². The minimum atomic E-state index is -1.23. The van der Waals surface area contributed by atoms with Gasteiger partial charge in [0.05, 0.1) is 6.61 Å². The molecule has 104 valence electrons. The lowest BCUT2D eigenvalue weighted by molar-refractivity contribution is -0.176. The van der Waals surface area contributed by atoms with Crippen LogP contribution in [0.1, 0.15) is 46.0 Å². The summed E-state index contributed by atoms with van der Waals surface area (Å²) in [6, 6.07) is 0. The maximum absolute atomic E-state index is 11.9. The summed E-state index contributed by atoms with van der Waals surface area (Å²) in [5.74, 6) is -1.28. The summed E-state index contributed by atoms with van der Waals surface area (Å²) < 4.78 is 15.3. The number of esters is 2. The van der Waals surface area contributed by atoms with Crippen molar-refractivity contribution in [2.45, 2.75) is 58.2 Å². The lowest BCUT2D eigenvalue weighted by atomic mass is 10.3. The van der Waals surface area contributed by atoms with Crippen LogP contribution in [0.15, 0.2) is 0 Å². The third-order valence-electron chi connectivity index (χ3n) is 2.79. The van der Waals surface area contributed by atoms with E-state index in [1.165, 1.54) is 0 Å². The van der Waals surface area contributed by atoms with Gasteiger partial charge in [0.1, 0.15) is 6.10 Å². The summed E-state index contributed by atoms with van der Waals surface area (Å²) in [4.78, 5) is 23.5. The molecule has 0 spiro atoms. The first-order chi connectivity index (χ1) is 8.69. The molecule has 1 atom stereocenters. The highest BCUT2D eigenvalue weighted by molar-refractivity contribution is 5.98. The smallest absolute Gasteiger partial charge is 0.347 e. The molecule has 0 heterocycles. The molecular weight excluding hydrogens is 236 g/mol. The Morgan fingerprint density at radius 1 is 1.17 bits per heavy atom. The fourth-order valence-electron chi connectivity index (χ4n) is 1.92. The lowest BCUT2D eigenvalue weighted by Gasteiger charge is -2.18. The van der Waals surface area contributed by atoms with Gasteiger partial charge in [-0.25, -0.2) is 9.59 Å². The maximum Gasteiger partial charge on any atom is 0.347 e. The predicted molar refractivity (Wildman–Crippen MR) is 65.0 cm³/mol. The molecule has 0 aliphatic heterocycles. The highest BCUT2D eigenvalue weighted by Crippen LogP contribution is 2.21. The van der Waals surface area contributed by atoms with Crippen LogP contribution in [0.2, 0.25) is 0 Å². The summed E-state index contributed by atoms with van der Waals surface area (Å²) in [5.41, 5.74) is 0. The molecular formula is C13H22O5. The first kappa shape index (κ1) is 15.0. The Bertz CT molecular complexity index is 271. The standard InChI is InChI=1S/C13H22O5/c1-3-9-17-11(12(14)16-4-2)13(15)18-10-7-5-6-8-10/h10-11H,3-9H2,1-2H3. The Morgan fingerprint density at radius 2 is 1.83 bits per heavy atom. The van der Waals surface area contributed by atoms with Crippen molar-refractivity contribution in [3.63, 3.8) is 0 Å². The molecule has 0 bridgehead atoms. The number of carbonyl (C=O) groups excluding carboxylic acids is 2. The van der Waals surface area contributed by atoms with E-state index in [1.54, 1.807) is 6.92 Å². The zero-order valence-corrected chi connectivity index (χ0v) is 11.1. The highest BCUT2D eigenvalue weighted by Gasteiger charge is 2.33. The third kappa shape index (κ3) is 4.64. The number of hydrogen-bond donors (Lipinski definition) is 0. The average molecular weight is 258 g/mol. The molecule has 1 unspecified atom stereocenters. The van der Waals surface area contributed by atoms with Crippen LogP contribution in [0, 0.1) is 0 Å². The van der Waals surface area contributed by atoms with Crippen LogP contribution in [0.5, 0.6) is 0 Å². The predicted octanol–water partition coefficient (Wildman–Crippen LogP) is 1.83. The summed E-state index contributed by atoms with van der Waals surface area (Å²) >= 11 is 0. The molecule has 0 aromatic rings. The molecule has 0 radical (unpaired) electrons. The van der Waals surface area contributed by atoms with E-state index in [9.17, 15) is 9.59 Å². The van der Waals surface area contributed by atoms with E-state index in [0.29, 0.717) is 6.61 Å². The van der Waals surface area contributed by atoms with Gasteiger partial charge in [-0.1, -0.05) is 6.92 Å². The molecule has 1 saturated carbocycles. The Balaban J connectivity index is 2.50. The Labute approximate surface area is 108 Å². The average Bonchev–Trinajstić information content (AvgIpc) is 2.82. The fraction of sp³-hybridized carbons (Fsp3) is 0.846. The first-order valence-electron chi connectivity index (χ1n) is 6.67. The van der Waals surface area contributed by atoms with E-state index < -0.39 is 18.0 Å². The Hall–Kier alpha value is -1.10. The van der Waals surface area contributed by atoms with E-state index >= 15 is 0 Å². The van der Waals surface area contributed by atoms with Crippen molar-refractivity contribution in [1.82, 2.24) is 0 Å². The number of rotatable bonds is 7. The van der Waals surface area contributed by atoms with Gasteiger partial charge in [0.15, 0.2) is 0 Å². The van der Waals surface area contributed by atoms with E-state index in [-0.39, 0.29) is 12.7 Å². The Morgan fingerprint density at radius 3 is 2.39 bits per heavy atom. The quantitative estimate of drug-likeness (QED) is 0.515. The van der Waals surface area contributed by atoms with Crippen molar-refractivity contribution in [3.8, 4) is 0 Å². The molecule has 0 saturated heterocycles. The van der Waals surface area contributed by atoms with Gasteiger partial charge in [0.2, 0.25) is 0 Å². The second-order valence-electron chi connectivity index (χ2n) is 4.35. The molecule has 1 aliphatic carbocycles. The van der Waals surface area contributed by atoms with Gasteiger partial charge >= 0.3 is 11.9 Å². The Kier molecular flexibility index (Phi) is 6.72. The molecule has 5 heteroatoms. The molecule has 18 heavy (non-hydrogen) atoms. The molecule has 0 N–H and O–H groups in total. The second-order valence-corrected chi connectivity index (χ2v) is 4.35. The van der Waals surface area contributed by atoms with Crippen LogP contribution >= 0.6 is 0 Å². The zero-order chi connectivity index (χ0) is 13.4. The van der Waals surface area contributed by atoms with E-state index in [4.69, 9.17) is 14.2 Å². The minimum Gasteiger partial charge on any atom is -0.464 e. The van der Waals surface area contributed by atoms with Crippen LogP contribution in [0.25, 0.3) is 0 Å². The monoisotopic (exact) mass is 258 g/mol. The largest absolute Gasteiger partial charge is 0.464 e. The van der Waals surface area contributed by atoms with Crippen LogP contribution in [0.4, 0.5) is 0 Å². The third-order valence-corrected chi connectivity index (χ3v) is 2.79. The lowest BCUT2D eigenvalue weighted by Crippen LogP contribution is -2.38. The summed E-state index contributed by atoms with van der Waals surface area (Å²) in [6.45, 7) is 4.16. The van der Waals surface area contributed by atoms with E-state index in [2.05, 4.69) is 0 Å². The molecule has 0 amide bonds. The van der Waals surface area contributed by atoms with Gasteiger partial charge < -0.3 is 14.2 Å². The van der Waals surface area contributed by atoms with Gasteiger partial charge in [-0.15, -0.1) is 0 Å². The van der Waals surface area contributed by atoms with Gasteiger partial charge in [-0.3, -0.25) is 0 Å². The van der Waals surface area contributed by atoms with Crippen molar-refractivity contribution < 1.29 is 23.8 Å². The van der Waals surface area contributed by atoms with Gasteiger partial charge in [0, 0.05) is 6.61 Å². The molecule has 1 rings (SSSR count). The van der Waals surface area contributed by atoms with Gasteiger partial charge in [-0.05, 0) is 39.0 Å². The topological polar surface area (TPSA) is 61.8 Å². The summed E-state index contributed by atoms with van der Waals surface area (Å²) in [6.07, 6.45) is 3.30. The molecule has 5 nitrogen and oxygen atoms in total. The van der Waals surface area contributed by atoms with Gasteiger partial charge in [-0.2, -0.15) is 0 Å². The number of ether oxygens (including phenoxy) is 3. The maximum atomic E-state index is 11.9. The van der Waals surface area contributed by atoms with Crippen molar-refractivity contribution >= 4 is 11.9 Å². The summed E-state index contributed by atoms with van der Waals surface area (Å²) in [5, 5.41) is 0. The van der Waals surface area contributed by atoms with Crippen molar-refractivity contribution in [3.05, 3.63) is 0 Å². The zero-order valence-electron chi connectivity index (χ0n) is 11.1. The number of hydrogen-bond acceptors (Lipinski definition) is 5. The SMILES string of the molecule is CCCOC(C(=O)OCC)C(=O)OC1CCCC1. The van der Waals surface area contributed by atoms with Crippen LogP contribution in [-0.4, -0.2) is 37.4 Å². The van der Waals surface area contributed by atoms with Crippen molar-refractivity contribution in [2.24, 2.45) is 0 Å².